The molecule has 22 heavy (non-hydrogen) atoms. The van der Waals surface area contributed by atoms with E-state index in [0.717, 1.165) is 41.9 Å². The fourth-order valence-corrected chi connectivity index (χ4v) is 3.06. The summed E-state index contributed by atoms with van der Waals surface area (Å²) < 4.78 is 0. The first-order valence-corrected chi connectivity index (χ1v) is 8.21. The van der Waals surface area contributed by atoms with Crippen molar-refractivity contribution in [1.29, 1.82) is 0 Å². The monoisotopic (exact) mass is 313 g/mol. The Morgan fingerprint density at radius 2 is 1.95 bits per heavy atom. The molecule has 0 aliphatic heterocycles. The van der Waals surface area contributed by atoms with Crippen LogP contribution in [0.1, 0.15) is 24.3 Å². The molecule has 2 heterocycles. The SMILES string of the molecule is CCc1n[nH]c(CN(C)Cc2csc(-c3ccccc3)n2)n1. The summed E-state index contributed by atoms with van der Waals surface area (Å²) in [6, 6.07) is 10.3. The number of hydrogen-bond donors (Lipinski definition) is 1. The third-order valence-corrected chi connectivity index (χ3v) is 4.26. The first kappa shape index (κ1) is 14.9. The van der Waals surface area contributed by atoms with Crippen molar-refractivity contribution in [3.8, 4) is 10.6 Å². The standard InChI is InChI=1S/C16H19N5S/c1-3-14-18-15(20-19-14)10-21(2)9-13-11-22-16(17-13)12-7-5-4-6-8-12/h4-8,11H,3,9-10H2,1-2H3,(H,18,19,20). The quantitative estimate of drug-likeness (QED) is 0.759. The molecule has 0 unspecified atom stereocenters. The molecule has 0 aliphatic carbocycles. The Morgan fingerprint density at radius 3 is 2.68 bits per heavy atom. The summed E-state index contributed by atoms with van der Waals surface area (Å²) in [5.74, 6) is 1.77. The van der Waals surface area contributed by atoms with Crippen molar-refractivity contribution >= 4 is 11.3 Å². The highest BCUT2D eigenvalue weighted by Gasteiger charge is 2.09. The molecular weight excluding hydrogens is 294 g/mol. The number of rotatable bonds is 6. The first-order chi connectivity index (χ1) is 10.7. The van der Waals surface area contributed by atoms with Crippen LogP contribution in [0.2, 0.25) is 0 Å². The number of benzene rings is 1. The molecule has 0 atom stereocenters. The maximum Gasteiger partial charge on any atom is 0.150 e. The van der Waals surface area contributed by atoms with Gasteiger partial charge in [0.15, 0.2) is 0 Å². The van der Waals surface area contributed by atoms with E-state index in [9.17, 15) is 0 Å². The highest BCUT2D eigenvalue weighted by molar-refractivity contribution is 7.13. The minimum Gasteiger partial charge on any atom is -0.293 e. The molecule has 3 aromatic rings. The van der Waals surface area contributed by atoms with Gasteiger partial charge in [0, 0.05) is 23.9 Å². The van der Waals surface area contributed by atoms with E-state index in [4.69, 9.17) is 4.98 Å². The van der Waals surface area contributed by atoms with Crippen LogP contribution in [-0.2, 0) is 19.5 Å². The molecule has 0 fully saturated rings. The van der Waals surface area contributed by atoms with Crippen molar-refractivity contribution in [3.63, 3.8) is 0 Å². The van der Waals surface area contributed by atoms with Crippen molar-refractivity contribution in [2.75, 3.05) is 7.05 Å². The molecule has 0 bridgehead atoms. The van der Waals surface area contributed by atoms with Gasteiger partial charge in [0.2, 0.25) is 0 Å². The van der Waals surface area contributed by atoms with E-state index in [1.165, 1.54) is 5.56 Å². The summed E-state index contributed by atoms with van der Waals surface area (Å²) in [4.78, 5) is 11.3. The Morgan fingerprint density at radius 1 is 1.14 bits per heavy atom. The van der Waals surface area contributed by atoms with Crippen LogP contribution in [0.25, 0.3) is 10.6 Å². The van der Waals surface area contributed by atoms with E-state index < -0.39 is 0 Å². The van der Waals surface area contributed by atoms with Gasteiger partial charge in [-0.15, -0.1) is 11.3 Å². The minimum atomic E-state index is 0.741. The van der Waals surface area contributed by atoms with E-state index in [1.807, 2.05) is 18.2 Å². The van der Waals surface area contributed by atoms with Crippen molar-refractivity contribution in [1.82, 2.24) is 25.1 Å². The zero-order valence-corrected chi connectivity index (χ0v) is 13.6. The lowest BCUT2D eigenvalue weighted by Gasteiger charge is -2.12. The van der Waals surface area contributed by atoms with Crippen LogP contribution in [0.15, 0.2) is 35.7 Å². The molecule has 0 aliphatic rings. The maximum absolute atomic E-state index is 4.71. The number of aromatic amines is 1. The Kier molecular flexibility index (Phi) is 4.60. The van der Waals surface area contributed by atoms with Crippen molar-refractivity contribution in [2.24, 2.45) is 0 Å². The van der Waals surface area contributed by atoms with Crippen LogP contribution >= 0.6 is 11.3 Å². The number of nitrogens with one attached hydrogen (secondary N) is 1. The summed E-state index contributed by atoms with van der Waals surface area (Å²) in [7, 11) is 2.07. The van der Waals surface area contributed by atoms with Gasteiger partial charge in [0.05, 0.1) is 12.2 Å². The molecule has 114 valence electrons. The number of thiazole rings is 1. The normalized spacial score (nSPS) is 11.2. The topological polar surface area (TPSA) is 57.7 Å². The van der Waals surface area contributed by atoms with Gasteiger partial charge >= 0.3 is 0 Å². The van der Waals surface area contributed by atoms with Crippen molar-refractivity contribution < 1.29 is 0 Å². The van der Waals surface area contributed by atoms with Gasteiger partial charge in [-0.2, -0.15) is 5.10 Å². The molecule has 6 heteroatoms. The Labute approximate surface area is 134 Å². The fourth-order valence-electron chi connectivity index (χ4n) is 2.24. The first-order valence-electron chi connectivity index (χ1n) is 7.33. The lowest BCUT2D eigenvalue weighted by molar-refractivity contribution is 0.308. The number of aryl methyl sites for hydroxylation is 1. The predicted octanol–water partition coefficient (Wildman–Crippen LogP) is 3.12. The summed E-state index contributed by atoms with van der Waals surface area (Å²) in [5, 5.41) is 10.3. The van der Waals surface area contributed by atoms with Gasteiger partial charge in [-0.25, -0.2) is 9.97 Å². The second kappa shape index (κ2) is 6.81. The number of nitrogens with zero attached hydrogens (tertiary/aromatic N) is 4. The van der Waals surface area contributed by atoms with Crippen molar-refractivity contribution in [2.45, 2.75) is 26.4 Å². The summed E-state index contributed by atoms with van der Waals surface area (Å²) >= 11 is 1.69. The largest absolute Gasteiger partial charge is 0.293 e. The second-order valence-corrected chi connectivity index (χ2v) is 6.09. The lowest BCUT2D eigenvalue weighted by atomic mass is 10.2. The lowest BCUT2D eigenvalue weighted by Crippen LogP contribution is -2.18. The van der Waals surface area contributed by atoms with E-state index in [2.05, 4.69) is 51.6 Å². The molecule has 0 saturated carbocycles. The van der Waals surface area contributed by atoms with Gasteiger partial charge in [0.1, 0.15) is 16.7 Å². The highest BCUT2D eigenvalue weighted by Crippen LogP contribution is 2.23. The zero-order chi connectivity index (χ0) is 15.4. The van der Waals surface area contributed by atoms with E-state index in [0.29, 0.717) is 0 Å². The molecule has 0 saturated heterocycles. The van der Waals surface area contributed by atoms with E-state index in [-0.39, 0.29) is 0 Å². The van der Waals surface area contributed by atoms with E-state index >= 15 is 0 Å². The summed E-state index contributed by atoms with van der Waals surface area (Å²) in [5.41, 5.74) is 2.26. The van der Waals surface area contributed by atoms with E-state index in [1.54, 1.807) is 11.3 Å². The molecule has 0 amide bonds. The molecule has 3 rings (SSSR count). The van der Waals surface area contributed by atoms with Crippen LogP contribution in [0.5, 0.6) is 0 Å². The van der Waals surface area contributed by atoms with Crippen LogP contribution < -0.4 is 0 Å². The summed E-state index contributed by atoms with van der Waals surface area (Å²) in [6.45, 7) is 3.59. The highest BCUT2D eigenvalue weighted by atomic mass is 32.1. The number of H-pyrrole nitrogens is 1. The summed E-state index contributed by atoms with van der Waals surface area (Å²) in [6.07, 6.45) is 0.854. The smallest absolute Gasteiger partial charge is 0.150 e. The fraction of sp³-hybridized carbons (Fsp3) is 0.312. The van der Waals surface area contributed by atoms with Gasteiger partial charge < -0.3 is 0 Å². The predicted molar refractivity (Wildman–Crippen MR) is 88.5 cm³/mol. The maximum atomic E-state index is 4.71. The zero-order valence-electron chi connectivity index (χ0n) is 12.8. The van der Waals surface area contributed by atoms with Crippen LogP contribution in [0, 0.1) is 0 Å². The average Bonchev–Trinajstić information content (AvgIpc) is 3.17. The number of hydrogen-bond acceptors (Lipinski definition) is 5. The third kappa shape index (κ3) is 3.58. The molecule has 2 aromatic heterocycles. The molecule has 1 N–H and O–H groups in total. The molecule has 0 radical (unpaired) electrons. The molecular formula is C16H19N5S. The number of aromatic nitrogens is 4. The Bertz CT molecular complexity index is 719. The second-order valence-electron chi connectivity index (χ2n) is 5.23. The van der Waals surface area contributed by atoms with Gasteiger partial charge in [-0.1, -0.05) is 37.3 Å². The Hall–Kier alpha value is -2.05. The Balaban J connectivity index is 1.62. The molecule has 5 nitrogen and oxygen atoms in total. The van der Waals surface area contributed by atoms with Gasteiger partial charge in [-0.05, 0) is 7.05 Å². The molecule has 0 spiro atoms. The third-order valence-electron chi connectivity index (χ3n) is 3.32. The van der Waals surface area contributed by atoms with Crippen molar-refractivity contribution in [3.05, 3.63) is 53.1 Å². The minimum absolute atomic E-state index is 0.741. The van der Waals surface area contributed by atoms with Gasteiger partial charge in [0.25, 0.3) is 0 Å². The van der Waals surface area contributed by atoms with Crippen LogP contribution in [0.4, 0.5) is 0 Å². The van der Waals surface area contributed by atoms with Gasteiger partial charge in [-0.3, -0.25) is 10.00 Å². The molecule has 1 aromatic carbocycles. The average molecular weight is 313 g/mol. The van der Waals surface area contributed by atoms with Crippen LogP contribution in [-0.4, -0.2) is 32.1 Å². The van der Waals surface area contributed by atoms with Crippen LogP contribution in [0.3, 0.4) is 0 Å².